The number of aliphatic carboxylic acids is 1. The van der Waals surface area contributed by atoms with E-state index < -0.39 is 11.5 Å². The molecule has 2 rings (SSSR count). The average molecular weight is 282 g/mol. The van der Waals surface area contributed by atoms with E-state index >= 15 is 0 Å². The van der Waals surface area contributed by atoms with Crippen molar-refractivity contribution in [2.24, 2.45) is 0 Å². The minimum Gasteiger partial charge on any atom is -0.480 e. The van der Waals surface area contributed by atoms with Crippen molar-refractivity contribution in [3.05, 3.63) is 15.6 Å². The van der Waals surface area contributed by atoms with Crippen LogP contribution < -0.4 is 5.32 Å². The molecule has 0 unspecified atom stereocenters. The summed E-state index contributed by atoms with van der Waals surface area (Å²) in [6.07, 6.45) is 3.48. The summed E-state index contributed by atoms with van der Waals surface area (Å²) >= 11 is 1.35. The highest BCUT2D eigenvalue weighted by molar-refractivity contribution is 7.13. The molecule has 0 saturated heterocycles. The highest BCUT2D eigenvalue weighted by Crippen LogP contribution is 2.31. The van der Waals surface area contributed by atoms with Crippen LogP contribution in [0.3, 0.4) is 0 Å². The highest BCUT2D eigenvalue weighted by Gasteiger charge is 2.43. The molecule has 19 heavy (non-hydrogen) atoms. The summed E-state index contributed by atoms with van der Waals surface area (Å²) in [4.78, 5) is 28.5. The smallest absolute Gasteiger partial charge is 0.329 e. The Kier molecular flexibility index (Phi) is 3.89. The van der Waals surface area contributed by atoms with Gasteiger partial charge in [-0.05, 0) is 26.2 Å². The number of rotatable bonds is 4. The summed E-state index contributed by atoms with van der Waals surface area (Å²) in [6, 6.07) is 0. The normalized spacial score (nSPS) is 17.4. The first-order chi connectivity index (χ1) is 8.98. The van der Waals surface area contributed by atoms with Crippen LogP contribution in [0.2, 0.25) is 0 Å². The molecule has 0 bridgehead atoms. The second-order valence-corrected chi connectivity index (χ2v) is 6.01. The molecule has 0 aromatic carbocycles. The number of hydrogen-bond donors (Lipinski definition) is 2. The molecule has 1 fully saturated rings. The van der Waals surface area contributed by atoms with E-state index in [0.717, 1.165) is 24.3 Å². The summed E-state index contributed by atoms with van der Waals surface area (Å²) in [6.45, 7) is 3.77. The van der Waals surface area contributed by atoms with Crippen LogP contribution in [0, 0.1) is 6.92 Å². The average Bonchev–Trinajstić information content (AvgIpc) is 2.96. The Hall–Kier alpha value is -1.43. The second-order valence-electron chi connectivity index (χ2n) is 4.92. The molecule has 1 heterocycles. The minimum atomic E-state index is -1.08. The standard InChI is InChI=1S/C13H18N2O3S/c1-3-9-14-8(2)10(19-9)11(16)15-13(12(17)18)6-4-5-7-13/h3-7H2,1-2H3,(H,15,16)(H,17,18). The molecule has 1 aliphatic rings. The first-order valence-corrected chi connectivity index (χ1v) is 7.32. The lowest BCUT2D eigenvalue weighted by atomic mass is 9.98. The Labute approximate surface area is 116 Å². The number of aromatic nitrogens is 1. The minimum absolute atomic E-state index is 0.306. The summed E-state index contributed by atoms with van der Waals surface area (Å²) < 4.78 is 0. The first-order valence-electron chi connectivity index (χ1n) is 6.51. The zero-order valence-corrected chi connectivity index (χ0v) is 12.0. The number of hydrogen-bond acceptors (Lipinski definition) is 4. The Balaban J connectivity index is 2.20. The van der Waals surface area contributed by atoms with Crippen molar-refractivity contribution in [2.45, 2.75) is 51.5 Å². The third-order valence-corrected chi connectivity index (χ3v) is 4.87. The van der Waals surface area contributed by atoms with Crippen LogP contribution in [0.25, 0.3) is 0 Å². The van der Waals surface area contributed by atoms with Crippen LogP contribution in [0.15, 0.2) is 0 Å². The van der Waals surface area contributed by atoms with Crippen molar-refractivity contribution in [2.75, 3.05) is 0 Å². The Morgan fingerprint density at radius 2 is 2.05 bits per heavy atom. The quantitative estimate of drug-likeness (QED) is 0.886. The van der Waals surface area contributed by atoms with Crippen molar-refractivity contribution in [3.63, 3.8) is 0 Å². The predicted octanol–water partition coefficient (Wildman–Crippen LogP) is 2.14. The molecule has 1 saturated carbocycles. The van der Waals surface area contributed by atoms with Crippen molar-refractivity contribution in [1.82, 2.24) is 10.3 Å². The van der Waals surface area contributed by atoms with Crippen LogP contribution in [-0.4, -0.2) is 27.5 Å². The third-order valence-electron chi connectivity index (χ3n) is 3.57. The highest BCUT2D eigenvalue weighted by atomic mass is 32.1. The van der Waals surface area contributed by atoms with Crippen LogP contribution in [0.1, 0.15) is 53.0 Å². The number of carboxylic acids is 1. The van der Waals surface area contributed by atoms with E-state index in [1.165, 1.54) is 11.3 Å². The SMILES string of the molecule is CCc1nc(C)c(C(=O)NC2(C(=O)O)CCCC2)s1. The van der Waals surface area contributed by atoms with Crippen molar-refractivity contribution >= 4 is 23.2 Å². The van der Waals surface area contributed by atoms with Gasteiger partial charge in [0, 0.05) is 0 Å². The number of thiazole rings is 1. The lowest BCUT2D eigenvalue weighted by Crippen LogP contribution is -2.52. The lowest BCUT2D eigenvalue weighted by Gasteiger charge is -2.24. The van der Waals surface area contributed by atoms with Gasteiger partial charge in [-0.3, -0.25) is 4.79 Å². The van der Waals surface area contributed by atoms with E-state index in [2.05, 4.69) is 10.3 Å². The maximum absolute atomic E-state index is 12.3. The Morgan fingerprint density at radius 3 is 2.53 bits per heavy atom. The number of nitrogens with zero attached hydrogens (tertiary/aromatic N) is 1. The number of carbonyl (C=O) groups is 2. The topological polar surface area (TPSA) is 79.3 Å². The number of carbonyl (C=O) groups excluding carboxylic acids is 1. The molecular weight excluding hydrogens is 264 g/mol. The molecule has 2 N–H and O–H groups in total. The summed E-state index contributed by atoms with van der Waals surface area (Å²) in [5.74, 6) is -1.24. The molecule has 1 aromatic heterocycles. The summed E-state index contributed by atoms with van der Waals surface area (Å²) in [7, 11) is 0. The van der Waals surface area contributed by atoms with Crippen molar-refractivity contribution in [1.29, 1.82) is 0 Å². The van der Waals surface area contributed by atoms with Gasteiger partial charge in [0.25, 0.3) is 5.91 Å². The lowest BCUT2D eigenvalue weighted by molar-refractivity contribution is -0.144. The summed E-state index contributed by atoms with van der Waals surface area (Å²) in [5.41, 5.74) is -0.405. The van der Waals surface area contributed by atoms with Gasteiger partial charge >= 0.3 is 5.97 Å². The molecule has 1 amide bonds. The van der Waals surface area contributed by atoms with Crippen molar-refractivity contribution in [3.8, 4) is 0 Å². The first kappa shape index (κ1) is 14.0. The monoisotopic (exact) mass is 282 g/mol. The fraction of sp³-hybridized carbons (Fsp3) is 0.615. The molecule has 5 nitrogen and oxygen atoms in total. The van der Waals surface area contributed by atoms with Gasteiger partial charge < -0.3 is 10.4 Å². The largest absolute Gasteiger partial charge is 0.480 e. The fourth-order valence-electron chi connectivity index (χ4n) is 2.46. The van der Waals surface area contributed by atoms with E-state index in [4.69, 9.17) is 0 Å². The maximum atomic E-state index is 12.3. The van der Waals surface area contributed by atoms with Crippen LogP contribution >= 0.6 is 11.3 Å². The number of carboxylic acid groups (broad SMARTS) is 1. The van der Waals surface area contributed by atoms with Gasteiger partial charge in [0.15, 0.2) is 0 Å². The van der Waals surface area contributed by atoms with Crippen LogP contribution in [0.5, 0.6) is 0 Å². The Morgan fingerprint density at radius 1 is 1.42 bits per heavy atom. The van der Waals surface area contributed by atoms with E-state index in [1.807, 2.05) is 6.92 Å². The zero-order valence-electron chi connectivity index (χ0n) is 11.2. The van der Waals surface area contributed by atoms with Crippen molar-refractivity contribution < 1.29 is 14.7 Å². The molecule has 1 aromatic rings. The maximum Gasteiger partial charge on any atom is 0.329 e. The fourth-order valence-corrected chi connectivity index (χ4v) is 3.36. The van der Waals surface area contributed by atoms with Gasteiger partial charge in [-0.2, -0.15) is 0 Å². The summed E-state index contributed by atoms with van der Waals surface area (Å²) in [5, 5.41) is 13.0. The molecule has 1 aliphatic carbocycles. The van der Waals surface area contributed by atoms with Gasteiger partial charge in [-0.25, -0.2) is 9.78 Å². The molecule has 0 atom stereocenters. The Bertz CT molecular complexity index is 504. The molecule has 0 aliphatic heterocycles. The van der Waals surface area contributed by atoms with E-state index in [0.29, 0.717) is 23.4 Å². The second kappa shape index (κ2) is 5.28. The molecule has 0 radical (unpaired) electrons. The number of amides is 1. The van der Waals surface area contributed by atoms with Crippen LogP contribution in [-0.2, 0) is 11.2 Å². The van der Waals surface area contributed by atoms with E-state index in [-0.39, 0.29) is 5.91 Å². The van der Waals surface area contributed by atoms with Gasteiger partial charge in [-0.15, -0.1) is 11.3 Å². The van der Waals surface area contributed by atoms with E-state index in [9.17, 15) is 14.7 Å². The third kappa shape index (κ3) is 2.63. The van der Waals surface area contributed by atoms with Gasteiger partial charge in [-0.1, -0.05) is 19.8 Å². The molecule has 0 spiro atoms. The van der Waals surface area contributed by atoms with E-state index in [1.54, 1.807) is 6.92 Å². The zero-order chi connectivity index (χ0) is 14.0. The predicted molar refractivity (Wildman–Crippen MR) is 72.5 cm³/mol. The molecule has 104 valence electrons. The van der Waals surface area contributed by atoms with Gasteiger partial charge in [0.05, 0.1) is 10.7 Å². The van der Waals surface area contributed by atoms with Crippen LogP contribution in [0.4, 0.5) is 0 Å². The number of nitrogens with one attached hydrogen (secondary N) is 1. The van der Waals surface area contributed by atoms with Gasteiger partial charge in [0.2, 0.25) is 0 Å². The molecular formula is C13H18N2O3S. The molecule has 6 heteroatoms. The number of aryl methyl sites for hydroxylation is 2. The van der Waals surface area contributed by atoms with Gasteiger partial charge in [0.1, 0.15) is 10.4 Å².